The van der Waals surface area contributed by atoms with Gasteiger partial charge in [0.05, 0.1) is 45.7 Å². The first-order valence-corrected chi connectivity index (χ1v) is 21.9. The number of carbonyl (C=O) groups is 7. The van der Waals surface area contributed by atoms with Crippen LogP contribution in [0.2, 0.25) is 0 Å². The third kappa shape index (κ3) is 39.7. The molecule has 0 spiro atoms. The molecule has 0 aromatic heterocycles. The number of hydrogen-bond donors (Lipinski definition) is 8. The quantitative estimate of drug-likeness (QED) is 0.0189. The van der Waals surface area contributed by atoms with Crippen molar-refractivity contribution >= 4 is 41.9 Å². The summed E-state index contributed by atoms with van der Waals surface area (Å²) in [5.74, 6) is 2.07. The highest BCUT2D eigenvalue weighted by Gasteiger charge is 2.21. The first-order valence-electron chi connectivity index (χ1n) is 21.9. The monoisotopic (exact) mass is 861 g/mol. The molecule has 0 aliphatic heterocycles. The molecule has 0 aliphatic rings. The van der Waals surface area contributed by atoms with Gasteiger partial charge in [-0.3, -0.25) is 35.2 Å². The highest BCUT2D eigenvalue weighted by molar-refractivity contribution is 5.84. The lowest BCUT2D eigenvalue weighted by molar-refractivity contribution is -0.142. The van der Waals surface area contributed by atoms with Crippen molar-refractivity contribution in [1.29, 1.82) is 0 Å². The smallest absolute Gasteiger partial charge is 0.326 e. The lowest BCUT2D eigenvalue weighted by atomic mass is 10.0. The summed E-state index contributed by atoms with van der Waals surface area (Å²) in [5.41, 5.74) is 2.40. The van der Waals surface area contributed by atoms with E-state index in [-0.39, 0.29) is 121 Å². The number of aliphatic carboxylic acids is 2. The fraction of sp³-hybridized carbons (Fsp3) is 0.829. The molecule has 0 aromatic carbocycles. The van der Waals surface area contributed by atoms with E-state index in [0.717, 1.165) is 51.2 Å². The van der Waals surface area contributed by atoms with Gasteiger partial charge in [-0.05, 0) is 38.5 Å². The van der Waals surface area contributed by atoms with Gasteiger partial charge < -0.3 is 55.2 Å². The minimum atomic E-state index is -1.18. The van der Waals surface area contributed by atoms with Crippen LogP contribution in [0.25, 0.3) is 0 Å². The van der Waals surface area contributed by atoms with Gasteiger partial charge in [0.25, 0.3) is 0 Å². The zero-order valence-electron chi connectivity index (χ0n) is 35.8. The standard InChI is InChI=1S/C41H76N6O13/c42-47-34(31-48)17-15-16-22-43-38(51)32-59-29-28-58-26-24-45-39(52)33-60-30-27-57-25-23-44-36(49)21-20-35(41(55)56)46-37(50)18-13-11-9-7-5-3-1-2-4-6-8-10-12-14-19-40(53)54/h31,34-35,47H,1-30,32-33,42H2,(H,43,51)(H,44,49)(H,45,52)(H,46,50)(H,53,54)(H,55,56)/t34-,35-/m0/s1. The van der Waals surface area contributed by atoms with E-state index < -0.39 is 18.0 Å². The van der Waals surface area contributed by atoms with E-state index in [4.69, 9.17) is 29.9 Å². The summed E-state index contributed by atoms with van der Waals surface area (Å²) in [6, 6.07) is -1.52. The van der Waals surface area contributed by atoms with Crippen LogP contribution in [-0.4, -0.2) is 137 Å². The van der Waals surface area contributed by atoms with E-state index in [1.165, 1.54) is 44.9 Å². The van der Waals surface area contributed by atoms with E-state index >= 15 is 0 Å². The van der Waals surface area contributed by atoms with Crippen molar-refractivity contribution in [2.24, 2.45) is 5.84 Å². The first kappa shape index (κ1) is 56.2. The Kier molecular flexibility index (Phi) is 39.3. The number of rotatable bonds is 45. The van der Waals surface area contributed by atoms with Crippen LogP contribution in [0.3, 0.4) is 0 Å². The van der Waals surface area contributed by atoms with Crippen molar-refractivity contribution in [3.63, 3.8) is 0 Å². The number of carbonyl (C=O) groups excluding carboxylic acids is 5. The SMILES string of the molecule is NN[C@H](C=O)CCCCNC(=O)COCCOCCNC(=O)COCCOCCNC(=O)CC[C@H](NC(=O)CCCCCCCCCCCCCCCCC(=O)O)C(=O)O. The molecule has 0 rings (SSSR count). The minimum absolute atomic E-state index is 0.0280. The Morgan fingerprint density at radius 2 is 0.933 bits per heavy atom. The third-order valence-electron chi connectivity index (χ3n) is 9.33. The van der Waals surface area contributed by atoms with Crippen molar-refractivity contribution in [3.05, 3.63) is 0 Å². The molecule has 0 fully saturated rings. The number of carboxylic acid groups (broad SMARTS) is 2. The van der Waals surface area contributed by atoms with Crippen LogP contribution < -0.4 is 32.5 Å². The zero-order valence-corrected chi connectivity index (χ0v) is 35.8. The predicted molar refractivity (Wildman–Crippen MR) is 224 cm³/mol. The van der Waals surface area contributed by atoms with Crippen LogP contribution in [0.15, 0.2) is 0 Å². The molecule has 0 aromatic rings. The second-order valence-corrected chi connectivity index (χ2v) is 14.6. The van der Waals surface area contributed by atoms with Gasteiger partial charge in [-0.2, -0.15) is 0 Å². The molecule has 0 radical (unpaired) electrons. The molecule has 0 bridgehead atoms. The van der Waals surface area contributed by atoms with Crippen LogP contribution in [0, 0.1) is 0 Å². The summed E-state index contributed by atoms with van der Waals surface area (Å²) in [4.78, 5) is 81.0. The third-order valence-corrected chi connectivity index (χ3v) is 9.33. The maximum absolute atomic E-state index is 12.3. The van der Waals surface area contributed by atoms with Gasteiger partial charge in [0.15, 0.2) is 0 Å². The summed E-state index contributed by atoms with van der Waals surface area (Å²) in [6.45, 7) is 1.99. The van der Waals surface area contributed by atoms with Crippen LogP contribution in [0.4, 0.5) is 0 Å². The number of amides is 4. The molecule has 19 nitrogen and oxygen atoms in total. The van der Waals surface area contributed by atoms with Gasteiger partial charge in [0, 0.05) is 38.9 Å². The maximum atomic E-state index is 12.3. The van der Waals surface area contributed by atoms with Crippen LogP contribution in [0.1, 0.15) is 135 Å². The number of nitrogens with one attached hydrogen (secondary N) is 5. The molecule has 0 unspecified atom stereocenters. The summed E-state index contributed by atoms with van der Waals surface area (Å²) in [6.07, 6.45) is 18.3. The second-order valence-electron chi connectivity index (χ2n) is 14.6. The molecule has 0 aliphatic carbocycles. The molecule has 0 saturated carbocycles. The number of ether oxygens (including phenoxy) is 4. The van der Waals surface area contributed by atoms with Crippen molar-refractivity contribution < 1.29 is 62.7 Å². The summed E-state index contributed by atoms with van der Waals surface area (Å²) >= 11 is 0. The zero-order chi connectivity index (χ0) is 44.3. The van der Waals surface area contributed by atoms with Gasteiger partial charge >= 0.3 is 11.9 Å². The predicted octanol–water partition coefficient (Wildman–Crippen LogP) is 2.28. The Labute approximate surface area is 356 Å². The second kappa shape index (κ2) is 42.0. The molecule has 60 heavy (non-hydrogen) atoms. The number of unbranched alkanes of at least 4 members (excludes halogenated alkanes) is 14. The molecular weight excluding hydrogens is 784 g/mol. The lowest BCUT2D eigenvalue weighted by Gasteiger charge is -2.14. The minimum Gasteiger partial charge on any atom is -0.481 e. The fourth-order valence-electron chi connectivity index (χ4n) is 5.88. The molecule has 348 valence electrons. The largest absolute Gasteiger partial charge is 0.481 e. The Morgan fingerprint density at radius 3 is 1.40 bits per heavy atom. The first-order chi connectivity index (χ1) is 29.1. The van der Waals surface area contributed by atoms with E-state index in [0.29, 0.717) is 25.8 Å². The molecule has 0 heterocycles. The van der Waals surface area contributed by atoms with Gasteiger partial charge in [-0.25, -0.2) is 4.79 Å². The van der Waals surface area contributed by atoms with E-state index in [1.54, 1.807) is 0 Å². The summed E-state index contributed by atoms with van der Waals surface area (Å²) < 4.78 is 21.3. The average Bonchev–Trinajstić information content (AvgIpc) is 3.22. The number of carboxylic acids is 2. The molecule has 19 heteroatoms. The fourth-order valence-corrected chi connectivity index (χ4v) is 5.88. The lowest BCUT2D eigenvalue weighted by Crippen LogP contribution is -2.41. The summed E-state index contributed by atoms with van der Waals surface area (Å²) in [5, 5.41) is 28.7. The molecular formula is C41H76N6O13. The van der Waals surface area contributed by atoms with Crippen LogP contribution in [-0.2, 0) is 52.5 Å². The van der Waals surface area contributed by atoms with E-state index in [9.17, 15) is 38.7 Å². The van der Waals surface area contributed by atoms with Crippen molar-refractivity contribution in [2.75, 3.05) is 72.5 Å². The van der Waals surface area contributed by atoms with Crippen LogP contribution >= 0.6 is 0 Å². The molecule has 0 saturated heterocycles. The van der Waals surface area contributed by atoms with Crippen molar-refractivity contribution in [3.8, 4) is 0 Å². The van der Waals surface area contributed by atoms with Crippen LogP contribution in [0.5, 0.6) is 0 Å². The highest BCUT2D eigenvalue weighted by Crippen LogP contribution is 2.14. The van der Waals surface area contributed by atoms with Gasteiger partial charge in [-0.15, -0.1) is 0 Å². The topological polar surface area (TPSA) is 283 Å². The number of hydrazine groups is 1. The van der Waals surface area contributed by atoms with Gasteiger partial charge in [-0.1, -0.05) is 77.0 Å². The van der Waals surface area contributed by atoms with E-state index in [1.807, 2.05) is 0 Å². The molecule has 2 atom stereocenters. The number of aldehydes is 1. The number of hydrogen-bond acceptors (Lipinski definition) is 13. The summed E-state index contributed by atoms with van der Waals surface area (Å²) in [7, 11) is 0. The normalized spacial score (nSPS) is 12.0. The Bertz CT molecular complexity index is 1150. The number of nitrogens with two attached hydrogens (primary N) is 1. The van der Waals surface area contributed by atoms with Crippen molar-refractivity contribution in [1.82, 2.24) is 26.7 Å². The highest BCUT2D eigenvalue weighted by atomic mass is 16.5. The average molecular weight is 861 g/mol. The molecule has 9 N–H and O–H groups in total. The Hall–Kier alpha value is -3.75. The maximum Gasteiger partial charge on any atom is 0.326 e. The Balaban J connectivity index is 3.65. The van der Waals surface area contributed by atoms with E-state index in [2.05, 4.69) is 26.7 Å². The van der Waals surface area contributed by atoms with Gasteiger partial charge in [0.2, 0.25) is 23.6 Å². The van der Waals surface area contributed by atoms with Gasteiger partial charge in [0.1, 0.15) is 25.5 Å². The van der Waals surface area contributed by atoms with Crippen molar-refractivity contribution in [2.45, 2.75) is 147 Å². The molecule has 4 amide bonds. The Morgan fingerprint density at radius 1 is 0.483 bits per heavy atom.